The molecule has 0 spiro atoms. The molecule has 140 valence electrons. The predicted molar refractivity (Wildman–Crippen MR) is 110 cm³/mol. The quantitative estimate of drug-likeness (QED) is 0.726. The number of sulfone groups is 1. The van der Waals surface area contributed by atoms with E-state index in [0.717, 1.165) is 28.9 Å². The first-order valence-electron chi connectivity index (χ1n) is 9.35. The van der Waals surface area contributed by atoms with E-state index >= 15 is 0 Å². The fourth-order valence-electron chi connectivity index (χ4n) is 4.07. The van der Waals surface area contributed by atoms with Gasteiger partial charge in [0.1, 0.15) is 4.83 Å². The number of thiophene rings is 1. The third-order valence-electron chi connectivity index (χ3n) is 5.46. The molecule has 0 saturated carbocycles. The van der Waals surface area contributed by atoms with Gasteiger partial charge in [-0.2, -0.15) is 0 Å². The number of fused-ring (bicyclic) bond motifs is 3. The van der Waals surface area contributed by atoms with Crippen LogP contribution in [0.4, 0.5) is 5.95 Å². The molecule has 1 unspecified atom stereocenters. The summed E-state index contributed by atoms with van der Waals surface area (Å²) in [6, 6.07) is 8.32. The van der Waals surface area contributed by atoms with Gasteiger partial charge < -0.3 is 5.32 Å². The van der Waals surface area contributed by atoms with Crippen LogP contribution in [-0.4, -0.2) is 35.9 Å². The fourth-order valence-corrected chi connectivity index (χ4v) is 7.01. The van der Waals surface area contributed by atoms with Gasteiger partial charge in [-0.05, 0) is 38.2 Å². The van der Waals surface area contributed by atoms with Crippen molar-refractivity contribution in [2.75, 3.05) is 16.8 Å². The Morgan fingerprint density at radius 1 is 1.15 bits per heavy atom. The van der Waals surface area contributed by atoms with Crippen molar-refractivity contribution in [1.82, 2.24) is 9.97 Å². The van der Waals surface area contributed by atoms with Gasteiger partial charge in [-0.25, -0.2) is 18.4 Å². The van der Waals surface area contributed by atoms with E-state index in [4.69, 9.17) is 9.97 Å². The molecule has 5 nitrogen and oxygen atoms in total. The van der Waals surface area contributed by atoms with Crippen LogP contribution in [0.5, 0.6) is 0 Å². The number of anilines is 1. The average Bonchev–Trinajstić information content (AvgIpc) is 3.29. The van der Waals surface area contributed by atoms with Gasteiger partial charge in [0.2, 0.25) is 5.95 Å². The molecular weight excluding hydrogens is 378 g/mol. The highest BCUT2D eigenvalue weighted by Gasteiger charge is 2.29. The molecule has 3 heterocycles. The van der Waals surface area contributed by atoms with Gasteiger partial charge in [-0.1, -0.05) is 29.8 Å². The van der Waals surface area contributed by atoms with E-state index in [2.05, 4.69) is 36.5 Å². The maximum atomic E-state index is 11.8. The zero-order chi connectivity index (χ0) is 18.6. The van der Waals surface area contributed by atoms with Crippen molar-refractivity contribution in [3.05, 3.63) is 40.3 Å². The Hall–Kier alpha value is -1.99. The molecule has 0 bridgehead atoms. The number of hydrogen-bond acceptors (Lipinski definition) is 6. The first kappa shape index (κ1) is 17.1. The summed E-state index contributed by atoms with van der Waals surface area (Å²) < 4.78 is 23.6. The van der Waals surface area contributed by atoms with Gasteiger partial charge >= 0.3 is 0 Å². The Morgan fingerprint density at radius 2 is 1.96 bits per heavy atom. The molecule has 1 saturated heterocycles. The van der Waals surface area contributed by atoms with E-state index in [9.17, 15) is 8.42 Å². The maximum Gasteiger partial charge on any atom is 0.224 e. The molecule has 27 heavy (non-hydrogen) atoms. The number of hydrogen-bond donors (Lipinski definition) is 1. The lowest BCUT2D eigenvalue weighted by Crippen LogP contribution is -2.22. The lowest BCUT2D eigenvalue weighted by atomic mass is 10.0. The van der Waals surface area contributed by atoms with Gasteiger partial charge in [-0.15, -0.1) is 11.3 Å². The number of aromatic nitrogens is 2. The molecule has 1 N–H and O–H groups in total. The van der Waals surface area contributed by atoms with Crippen molar-refractivity contribution in [3.63, 3.8) is 0 Å². The van der Waals surface area contributed by atoms with Gasteiger partial charge in [0.15, 0.2) is 9.84 Å². The first-order valence-corrected chi connectivity index (χ1v) is 12.0. The second-order valence-corrected chi connectivity index (χ2v) is 10.9. The minimum atomic E-state index is -2.94. The zero-order valence-electron chi connectivity index (χ0n) is 15.2. The summed E-state index contributed by atoms with van der Waals surface area (Å²) in [5, 5.41) is 4.46. The summed E-state index contributed by atoms with van der Waals surface area (Å²) in [6.45, 7) is 2.08. The molecule has 0 radical (unpaired) electrons. The van der Waals surface area contributed by atoms with E-state index in [1.807, 2.05) is 0 Å². The molecule has 1 fully saturated rings. The van der Waals surface area contributed by atoms with Crippen LogP contribution in [0.25, 0.3) is 21.5 Å². The Kier molecular flexibility index (Phi) is 3.98. The minimum Gasteiger partial charge on any atom is -0.350 e. The van der Waals surface area contributed by atoms with Crippen molar-refractivity contribution in [2.45, 2.75) is 38.6 Å². The molecule has 5 rings (SSSR count). The highest BCUT2D eigenvalue weighted by atomic mass is 32.2. The van der Waals surface area contributed by atoms with E-state index in [0.29, 0.717) is 12.4 Å². The standard InChI is InChI=1S/C20H21N3O2S2/c1-12-5-7-13(8-6-12)18-17-15-3-2-4-16(15)26-19(17)23-20(22-18)21-14-9-10-27(24,25)11-14/h5-8,14H,2-4,9-11H2,1H3,(H,21,22,23). The molecule has 1 aliphatic heterocycles. The van der Waals surface area contributed by atoms with Gasteiger partial charge in [0, 0.05) is 21.9 Å². The Bertz CT molecular complexity index is 1130. The molecule has 2 aromatic heterocycles. The third-order valence-corrected chi connectivity index (χ3v) is 8.41. The third kappa shape index (κ3) is 3.12. The molecule has 1 atom stereocenters. The molecule has 3 aromatic rings. The summed E-state index contributed by atoms with van der Waals surface area (Å²) in [7, 11) is -2.94. The summed E-state index contributed by atoms with van der Waals surface area (Å²) in [5.41, 5.74) is 4.67. The van der Waals surface area contributed by atoms with Crippen molar-refractivity contribution >= 4 is 37.3 Å². The normalized spacial score (nSPS) is 20.9. The Labute approximate surface area is 162 Å². The summed E-state index contributed by atoms with van der Waals surface area (Å²) in [6.07, 6.45) is 4.02. The predicted octanol–water partition coefficient (Wildman–Crippen LogP) is 3.75. The van der Waals surface area contributed by atoms with E-state index in [-0.39, 0.29) is 17.5 Å². The van der Waals surface area contributed by atoms with Crippen LogP contribution >= 0.6 is 11.3 Å². The Balaban J connectivity index is 1.62. The number of rotatable bonds is 3. The average molecular weight is 400 g/mol. The molecule has 1 aliphatic carbocycles. The SMILES string of the molecule is Cc1ccc(-c2nc(NC3CCS(=O)(=O)C3)nc3sc4c(c23)CCC4)cc1. The van der Waals surface area contributed by atoms with Crippen molar-refractivity contribution in [1.29, 1.82) is 0 Å². The fraction of sp³-hybridized carbons (Fsp3) is 0.400. The van der Waals surface area contributed by atoms with E-state index in [1.54, 1.807) is 11.3 Å². The highest BCUT2D eigenvalue weighted by molar-refractivity contribution is 7.91. The van der Waals surface area contributed by atoms with Crippen molar-refractivity contribution < 1.29 is 8.42 Å². The highest BCUT2D eigenvalue weighted by Crippen LogP contribution is 2.41. The van der Waals surface area contributed by atoms with Crippen LogP contribution in [0.15, 0.2) is 24.3 Å². The summed E-state index contributed by atoms with van der Waals surface area (Å²) in [5.74, 6) is 0.945. The van der Waals surface area contributed by atoms with Crippen LogP contribution in [0.2, 0.25) is 0 Å². The number of aryl methyl sites for hydroxylation is 3. The van der Waals surface area contributed by atoms with Crippen LogP contribution in [-0.2, 0) is 22.7 Å². The molecule has 7 heteroatoms. The largest absolute Gasteiger partial charge is 0.350 e. The monoisotopic (exact) mass is 399 g/mol. The second-order valence-electron chi connectivity index (χ2n) is 7.54. The van der Waals surface area contributed by atoms with Crippen LogP contribution in [0.1, 0.15) is 28.8 Å². The van der Waals surface area contributed by atoms with Crippen molar-refractivity contribution in [3.8, 4) is 11.3 Å². The summed E-state index contributed by atoms with van der Waals surface area (Å²) >= 11 is 1.76. The number of benzene rings is 1. The van der Waals surface area contributed by atoms with E-state index in [1.165, 1.54) is 27.8 Å². The van der Waals surface area contributed by atoms with Gasteiger partial charge in [0.25, 0.3) is 0 Å². The first-order chi connectivity index (χ1) is 13.0. The zero-order valence-corrected chi connectivity index (χ0v) is 16.8. The molecular formula is C20H21N3O2S2. The van der Waals surface area contributed by atoms with Gasteiger partial charge in [0.05, 0.1) is 17.2 Å². The lowest BCUT2D eigenvalue weighted by molar-refractivity contribution is 0.602. The Morgan fingerprint density at radius 3 is 2.70 bits per heavy atom. The maximum absolute atomic E-state index is 11.8. The molecule has 0 amide bonds. The van der Waals surface area contributed by atoms with Crippen LogP contribution in [0.3, 0.4) is 0 Å². The molecule has 1 aromatic carbocycles. The smallest absolute Gasteiger partial charge is 0.224 e. The van der Waals surface area contributed by atoms with Gasteiger partial charge in [-0.3, -0.25) is 0 Å². The second kappa shape index (κ2) is 6.27. The van der Waals surface area contributed by atoms with Crippen molar-refractivity contribution in [2.24, 2.45) is 0 Å². The molecule has 2 aliphatic rings. The number of nitrogens with one attached hydrogen (secondary N) is 1. The van der Waals surface area contributed by atoms with E-state index < -0.39 is 9.84 Å². The van der Waals surface area contributed by atoms with Crippen LogP contribution < -0.4 is 5.32 Å². The topological polar surface area (TPSA) is 72.0 Å². The lowest BCUT2D eigenvalue weighted by Gasteiger charge is -2.13. The van der Waals surface area contributed by atoms with Crippen LogP contribution in [0, 0.1) is 6.92 Å². The summed E-state index contributed by atoms with van der Waals surface area (Å²) in [4.78, 5) is 12.0. The minimum absolute atomic E-state index is 0.106. The number of nitrogens with zero attached hydrogens (tertiary/aromatic N) is 2.